The van der Waals surface area contributed by atoms with Crippen LogP contribution in [0.2, 0.25) is 0 Å². The molecular formula is C13H12O6. The molecule has 1 aromatic rings. The number of cyclic esters (lactones) is 1. The second-order valence-electron chi connectivity index (χ2n) is 4.18. The summed E-state index contributed by atoms with van der Waals surface area (Å²) in [6.07, 6.45) is -3.74. The molecule has 6 heteroatoms. The molecule has 1 aromatic carbocycles. The van der Waals surface area contributed by atoms with Crippen molar-refractivity contribution in [3.8, 4) is 0 Å². The number of esters is 1. The molecule has 0 spiro atoms. The maximum atomic E-state index is 11.1. The highest BCUT2D eigenvalue weighted by Gasteiger charge is 2.44. The molecule has 2 aliphatic rings. The molecule has 1 unspecified atom stereocenters. The number of hydrogen-bond acceptors (Lipinski definition) is 6. The number of aliphatic hydroxyl groups is 2. The van der Waals surface area contributed by atoms with Gasteiger partial charge in [-0.1, -0.05) is 30.3 Å². The third-order valence-electron chi connectivity index (χ3n) is 2.92. The maximum absolute atomic E-state index is 11.1. The number of ether oxygens (including phenoxy) is 3. The first-order valence-corrected chi connectivity index (χ1v) is 5.71. The van der Waals surface area contributed by atoms with Gasteiger partial charge in [0.05, 0.1) is 7.98 Å². The molecular weight excluding hydrogens is 252 g/mol. The number of benzene rings is 1. The van der Waals surface area contributed by atoms with Crippen LogP contribution in [-0.2, 0) is 19.0 Å². The van der Waals surface area contributed by atoms with Crippen LogP contribution in [-0.4, -0.2) is 35.0 Å². The second-order valence-corrected chi connectivity index (χ2v) is 4.18. The van der Waals surface area contributed by atoms with Gasteiger partial charge < -0.3 is 24.4 Å². The van der Waals surface area contributed by atoms with Gasteiger partial charge in [0.2, 0.25) is 5.76 Å². The van der Waals surface area contributed by atoms with Crippen LogP contribution >= 0.6 is 0 Å². The molecule has 0 radical (unpaired) electrons. The van der Waals surface area contributed by atoms with Gasteiger partial charge in [0, 0.05) is 5.56 Å². The van der Waals surface area contributed by atoms with Gasteiger partial charge in [-0.2, -0.15) is 0 Å². The van der Waals surface area contributed by atoms with Crippen molar-refractivity contribution in [1.29, 1.82) is 0 Å². The smallest absolute Gasteiger partial charge is 0.377 e. The summed E-state index contributed by atoms with van der Waals surface area (Å²) in [4.78, 5) is 11.1. The van der Waals surface area contributed by atoms with Crippen molar-refractivity contribution in [2.75, 3.05) is 6.61 Å². The van der Waals surface area contributed by atoms with Crippen molar-refractivity contribution < 1.29 is 30.6 Å². The number of rotatable bonds is 2. The van der Waals surface area contributed by atoms with E-state index in [1.165, 1.54) is 0 Å². The molecule has 2 aliphatic heterocycles. The molecule has 0 amide bonds. The fourth-order valence-electron chi connectivity index (χ4n) is 1.96. The zero-order chi connectivity index (χ0) is 14.3. The molecule has 0 aliphatic carbocycles. The van der Waals surface area contributed by atoms with Crippen molar-refractivity contribution in [2.24, 2.45) is 0 Å². The van der Waals surface area contributed by atoms with Crippen LogP contribution in [0.15, 0.2) is 41.9 Å². The Morgan fingerprint density at radius 3 is 2.63 bits per heavy atom. The van der Waals surface area contributed by atoms with Gasteiger partial charge in [-0.15, -0.1) is 0 Å². The van der Waals surface area contributed by atoms with Gasteiger partial charge in [-0.25, -0.2) is 4.79 Å². The largest absolute Gasteiger partial charge is 0.505 e. The summed E-state index contributed by atoms with van der Waals surface area (Å²) >= 11 is 0. The lowest BCUT2D eigenvalue weighted by atomic mass is 10.2. The number of aliphatic hydroxyl groups excluding tert-OH is 2. The fraction of sp³-hybridized carbons (Fsp3) is 0.308. The van der Waals surface area contributed by atoms with Gasteiger partial charge >= 0.3 is 5.97 Å². The van der Waals surface area contributed by atoms with E-state index in [0.29, 0.717) is 5.56 Å². The maximum Gasteiger partial charge on any atom is 0.377 e. The van der Waals surface area contributed by atoms with Crippen LogP contribution in [0.5, 0.6) is 0 Å². The van der Waals surface area contributed by atoms with E-state index in [0.717, 1.165) is 0 Å². The third-order valence-corrected chi connectivity index (χ3v) is 2.92. The van der Waals surface area contributed by atoms with E-state index >= 15 is 0 Å². The van der Waals surface area contributed by atoms with E-state index in [1.807, 2.05) is 0 Å². The molecule has 2 N–H and O–H groups in total. The first-order chi connectivity index (χ1) is 9.51. The minimum Gasteiger partial charge on any atom is -0.505 e. The SMILES string of the molecule is [2H]C1(c2ccccc2)OC[C@@H]([C@@H]2OC(=O)C(O)=C2O)O1. The van der Waals surface area contributed by atoms with Crippen molar-refractivity contribution in [2.45, 2.75) is 18.5 Å². The molecule has 100 valence electrons. The Hall–Kier alpha value is -2.05. The minimum atomic E-state index is -1.73. The lowest BCUT2D eigenvalue weighted by Crippen LogP contribution is -2.30. The average Bonchev–Trinajstić information content (AvgIpc) is 2.97. The Bertz CT molecular complexity index is 571. The summed E-state index contributed by atoms with van der Waals surface area (Å²) in [6, 6.07) is 8.62. The Labute approximate surface area is 110 Å². The zero-order valence-electron chi connectivity index (χ0n) is 10.8. The number of carbonyl (C=O) groups excluding carboxylic acids is 1. The first kappa shape index (κ1) is 10.8. The summed E-state index contributed by atoms with van der Waals surface area (Å²) < 4.78 is 23.7. The standard InChI is InChI=1S/C13H12O6/c14-9-10(15)12(16)19-11(9)8-6-17-13(18-8)7-4-2-1-3-5-7/h1-5,8,11,13-15H,6H2/t8-,11-,13?/m0/s1/i13D. The zero-order valence-corrected chi connectivity index (χ0v) is 9.78. The van der Waals surface area contributed by atoms with Crippen LogP contribution < -0.4 is 0 Å². The quantitative estimate of drug-likeness (QED) is 0.785. The number of carbonyl (C=O) groups is 1. The van der Waals surface area contributed by atoms with Crippen molar-refractivity contribution in [3.05, 3.63) is 47.4 Å². The number of hydrogen-bond donors (Lipinski definition) is 2. The van der Waals surface area contributed by atoms with Gasteiger partial charge in [-0.3, -0.25) is 0 Å². The Morgan fingerprint density at radius 1 is 1.26 bits per heavy atom. The van der Waals surface area contributed by atoms with Gasteiger partial charge in [0.15, 0.2) is 18.1 Å². The van der Waals surface area contributed by atoms with E-state index in [-0.39, 0.29) is 6.61 Å². The molecule has 1 fully saturated rings. The molecule has 0 bridgehead atoms. The van der Waals surface area contributed by atoms with Gasteiger partial charge in [-0.05, 0) is 0 Å². The third kappa shape index (κ3) is 2.05. The van der Waals surface area contributed by atoms with E-state index in [4.69, 9.17) is 15.6 Å². The molecule has 3 atom stereocenters. The van der Waals surface area contributed by atoms with E-state index < -0.39 is 36.0 Å². The Balaban J connectivity index is 1.80. The Morgan fingerprint density at radius 2 is 2.00 bits per heavy atom. The minimum absolute atomic E-state index is 0.0479. The van der Waals surface area contributed by atoms with Crippen LogP contribution in [0.25, 0.3) is 0 Å². The topological polar surface area (TPSA) is 85.2 Å². The highest BCUT2D eigenvalue weighted by Crippen LogP contribution is 2.33. The van der Waals surface area contributed by atoms with Crippen molar-refractivity contribution in [1.82, 2.24) is 0 Å². The molecule has 2 heterocycles. The van der Waals surface area contributed by atoms with Crippen molar-refractivity contribution >= 4 is 5.97 Å². The van der Waals surface area contributed by atoms with Crippen LogP contribution in [0.1, 0.15) is 13.2 Å². The summed E-state index contributed by atoms with van der Waals surface area (Å²) in [5.74, 6) is -2.44. The van der Waals surface area contributed by atoms with Gasteiger partial charge in [0.25, 0.3) is 0 Å². The lowest BCUT2D eigenvalue weighted by Gasteiger charge is -2.16. The summed E-state index contributed by atoms with van der Waals surface area (Å²) in [5, 5.41) is 18.9. The molecule has 6 nitrogen and oxygen atoms in total. The lowest BCUT2D eigenvalue weighted by molar-refractivity contribution is -0.149. The molecule has 0 aromatic heterocycles. The first-order valence-electron chi connectivity index (χ1n) is 6.21. The normalized spacial score (nSPS) is 35.4. The average molecular weight is 265 g/mol. The van der Waals surface area contributed by atoms with Gasteiger partial charge in [0.1, 0.15) is 6.10 Å². The summed E-state index contributed by atoms with van der Waals surface area (Å²) in [6.45, 7) is -0.0479. The molecule has 19 heavy (non-hydrogen) atoms. The summed E-state index contributed by atoms with van der Waals surface area (Å²) in [7, 11) is 0. The monoisotopic (exact) mass is 265 g/mol. The van der Waals surface area contributed by atoms with Crippen LogP contribution in [0, 0.1) is 0 Å². The Kier molecular flexibility index (Phi) is 2.60. The molecule has 1 saturated heterocycles. The van der Waals surface area contributed by atoms with Crippen LogP contribution in [0.4, 0.5) is 0 Å². The molecule has 3 rings (SSSR count). The van der Waals surface area contributed by atoms with E-state index in [1.54, 1.807) is 30.3 Å². The second kappa shape index (κ2) is 4.56. The van der Waals surface area contributed by atoms with Crippen LogP contribution in [0.3, 0.4) is 0 Å². The van der Waals surface area contributed by atoms with E-state index in [2.05, 4.69) is 0 Å². The predicted molar refractivity (Wildman–Crippen MR) is 62.2 cm³/mol. The molecule has 0 saturated carbocycles. The highest BCUT2D eigenvalue weighted by molar-refractivity contribution is 5.89. The predicted octanol–water partition coefficient (Wildman–Crippen LogP) is 1.35. The van der Waals surface area contributed by atoms with E-state index in [9.17, 15) is 15.0 Å². The highest BCUT2D eigenvalue weighted by atomic mass is 16.7. The van der Waals surface area contributed by atoms with Crippen molar-refractivity contribution in [3.63, 3.8) is 0 Å². The summed E-state index contributed by atoms with van der Waals surface area (Å²) in [5.41, 5.74) is 0.486. The fourth-order valence-corrected chi connectivity index (χ4v) is 1.96.